The lowest BCUT2D eigenvalue weighted by molar-refractivity contribution is 0.262. The van der Waals surface area contributed by atoms with E-state index >= 15 is 0 Å². The smallest absolute Gasteiger partial charge is 0.323 e. The normalized spacial score (nSPS) is 10.0. The molecule has 0 aliphatic rings. The summed E-state index contributed by atoms with van der Waals surface area (Å²) >= 11 is 16.7. The molecule has 21 heavy (non-hydrogen) atoms. The molecule has 0 saturated carbocycles. The molecule has 0 saturated heterocycles. The molecule has 2 rings (SSSR count). The van der Waals surface area contributed by atoms with E-state index < -0.39 is 6.03 Å². The maximum Gasteiger partial charge on any atom is 0.323 e. The molecule has 7 heteroatoms. The molecule has 4 nitrogen and oxygen atoms in total. The number of thiocarbonyl (C=S) groups is 1. The van der Waals surface area contributed by atoms with Crippen LogP contribution in [0.15, 0.2) is 42.5 Å². The molecule has 108 valence electrons. The van der Waals surface area contributed by atoms with Gasteiger partial charge in [0.15, 0.2) is 0 Å². The van der Waals surface area contributed by atoms with Crippen LogP contribution >= 0.6 is 35.4 Å². The Hall–Kier alpha value is -1.82. The zero-order valence-electron chi connectivity index (χ0n) is 10.7. The van der Waals surface area contributed by atoms with E-state index in [0.29, 0.717) is 27.0 Å². The molecule has 4 N–H and O–H groups in total. The molecule has 2 amide bonds. The Labute approximate surface area is 137 Å². The van der Waals surface area contributed by atoms with Crippen LogP contribution in [0, 0.1) is 0 Å². The highest BCUT2D eigenvalue weighted by Crippen LogP contribution is 2.22. The number of hydrogen-bond donors (Lipinski definition) is 3. The van der Waals surface area contributed by atoms with Crippen LogP contribution in [0.5, 0.6) is 0 Å². The second-order valence-electron chi connectivity index (χ2n) is 4.14. The molecule has 0 unspecified atom stereocenters. The van der Waals surface area contributed by atoms with Crippen molar-refractivity contribution in [3.63, 3.8) is 0 Å². The first-order valence-corrected chi connectivity index (χ1v) is 7.05. The number of urea groups is 1. The Morgan fingerprint density at radius 3 is 2.43 bits per heavy atom. The maximum absolute atomic E-state index is 12.0. The molecule has 0 radical (unpaired) electrons. The SMILES string of the molecule is NC(=S)c1ccc(Cl)cc1NC(=O)Nc1cccc(Cl)c1. The molecule has 0 bridgehead atoms. The number of hydrogen-bond acceptors (Lipinski definition) is 2. The Morgan fingerprint density at radius 2 is 1.76 bits per heavy atom. The van der Waals surface area contributed by atoms with Gasteiger partial charge in [-0.2, -0.15) is 0 Å². The van der Waals surface area contributed by atoms with Crippen molar-refractivity contribution in [3.05, 3.63) is 58.1 Å². The third kappa shape index (κ3) is 4.32. The first-order chi connectivity index (χ1) is 9.95. The van der Waals surface area contributed by atoms with Gasteiger partial charge in [0.05, 0.1) is 5.69 Å². The van der Waals surface area contributed by atoms with Crippen molar-refractivity contribution >= 4 is 57.8 Å². The van der Waals surface area contributed by atoms with Crippen LogP contribution in [0.25, 0.3) is 0 Å². The van der Waals surface area contributed by atoms with E-state index in [0.717, 1.165) is 0 Å². The Balaban J connectivity index is 2.16. The van der Waals surface area contributed by atoms with E-state index in [1.807, 2.05) is 0 Å². The average Bonchev–Trinajstić information content (AvgIpc) is 2.38. The van der Waals surface area contributed by atoms with Crippen molar-refractivity contribution in [2.24, 2.45) is 5.73 Å². The minimum absolute atomic E-state index is 0.171. The average molecular weight is 340 g/mol. The molecular formula is C14H11Cl2N3OS. The second kappa shape index (κ2) is 6.76. The van der Waals surface area contributed by atoms with Gasteiger partial charge in [0.1, 0.15) is 4.99 Å². The van der Waals surface area contributed by atoms with Crippen molar-refractivity contribution in [2.45, 2.75) is 0 Å². The van der Waals surface area contributed by atoms with Crippen LogP contribution < -0.4 is 16.4 Å². The highest BCUT2D eigenvalue weighted by atomic mass is 35.5. The second-order valence-corrected chi connectivity index (χ2v) is 5.46. The van der Waals surface area contributed by atoms with Gasteiger partial charge in [-0.15, -0.1) is 0 Å². The molecule has 2 aromatic carbocycles. The lowest BCUT2D eigenvalue weighted by Crippen LogP contribution is -2.22. The van der Waals surface area contributed by atoms with Crippen LogP contribution in [-0.4, -0.2) is 11.0 Å². The number of anilines is 2. The fourth-order valence-electron chi connectivity index (χ4n) is 1.69. The summed E-state index contributed by atoms with van der Waals surface area (Å²) in [5, 5.41) is 6.30. The van der Waals surface area contributed by atoms with Gasteiger partial charge in [-0.3, -0.25) is 0 Å². The molecular weight excluding hydrogens is 329 g/mol. The quantitative estimate of drug-likeness (QED) is 0.731. The van der Waals surface area contributed by atoms with Gasteiger partial charge >= 0.3 is 6.03 Å². The molecule has 0 fully saturated rings. The Morgan fingerprint density at radius 1 is 1.05 bits per heavy atom. The highest BCUT2D eigenvalue weighted by Gasteiger charge is 2.10. The van der Waals surface area contributed by atoms with Crippen molar-refractivity contribution in [1.29, 1.82) is 0 Å². The van der Waals surface area contributed by atoms with Crippen LogP contribution in [0.3, 0.4) is 0 Å². The van der Waals surface area contributed by atoms with Gasteiger partial charge in [-0.25, -0.2) is 4.79 Å². The summed E-state index contributed by atoms with van der Waals surface area (Å²) in [5.41, 5.74) is 7.16. The Kier molecular flexibility index (Phi) is 5.01. The molecule has 0 aromatic heterocycles. The zero-order valence-corrected chi connectivity index (χ0v) is 13.0. The Bertz CT molecular complexity index is 706. The van der Waals surface area contributed by atoms with Gasteiger partial charge in [0.2, 0.25) is 0 Å². The molecule has 2 aromatic rings. The molecule has 0 aliphatic carbocycles. The maximum atomic E-state index is 12.0. The lowest BCUT2D eigenvalue weighted by Gasteiger charge is -2.12. The summed E-state index contributed by atoms with van der Waals surface area (Å²) in [6, 6.07) is 11.2. The lowest BCUT2D eigenvalue weighted by atomic mass is 10.2. The van der Waals surface area contributed by atoms with Gasteiger partial charge in [0.25, 0.3) is 0 Å². The number of nitrogens with two attached hydrogens (primary N) is 1. The van der Waals surface area contributed by atoms with Crippen LogP contribution in [0.4, 0.5) is 16.2 Å². The standard InChI is InChI=1S/C14H11Cl2N3OS/c15-8-2-1-3-10(6-8)18-14(20)19-12-7-9(16)4-5-11(12)13(17)21/h1-7H,(H2,17,21)(H2,18,19,20). The molecule has 0 aliphatic heterocycles. The number of halogens is 2. The monoisotopic (exact) mass is 339 g/mol. The number of carbonyl (C=O) groups excluding carboxylic acids is 1. The largest absolute Gasteiger partial charge is 0.389 e. The van der Waals surface area contributed by atoms with E-state index in [-0.39, 0.29) is 4.99 Å². The highest BCUT2D eigenvalue weighted by molar-refractivity contribution is 7.80. The van der Waals surface area contributed by atoms with Gasteiger partial charge in [-0.05, 0) is 36.4 Å². The van der Waals surface area contributed by atoms with E-state index in [2.05, 4.69) is 10.6 Å². The van der Waals surface area contributed by atoms with Crippen molar-refractivity contribution in [3.8, 4) is 0 Å². The van der Waals surface area contributed by atoms with E-state index in [1.165, 1.54) is 0 Å². The number of rotatable bonds is 3. The van der Waals surface area contributed by atoms with Crippen LogP contribution in [0.2, 0.25) is 10.0 Å². The molecule has 0 spiro atoms. The third-order valence-corrected chi connectivity index (χ3v) is 3.27. The molecule has 0 heterocycles. The summed E-state index contributed by atoms with van der Waals surface area (Å²) in [6.45, 7) is 0. The molecule has 0 atom stereocenters. The fourth-order valence-corrected chi connectivity index (χ4v) is 2.23. The third-order valence-electron chi connectivity index (χ3n) is 2.58. The van der Waals surface area contributed by atoms with E-state index in [9.17, 15) is 4.79 Å². The number of benzene rings is 2. The number of amides is 2. The number of carbonyl (C=O) groups is 1. The summed E-state index contributed by atoms with van der Waals surface area (Å²) in [7, 11) is 0. The first-order valence-electron chi connectivity index (χ1n) is 5.88. The van der Waals surface area contributed by atoms with Gasteiger partial charge in [-0.1, -0.05) is 41.5 Å². The van der Waals surface area contributed by atoms with Crippen LogP contribution in [0.1, 0.15) is 5.56 Å². The summed E-state index contributed by atoms with van der Waals surface area (Å²) in [4.78, 5) is 12.2. The van der Waals surface area contributed by atoms with Gasteiger partial charge < -0.3 is 16.4 Å². The van der Waals surface area contributed by atoms with Crippen LogP contribution in [-0.2, 0) is 0 Å². The first kappa shape index (κ1) is 15.6. The van der Waals surface area contributed by atoms with Gasteiger partial charge in [0, 0.05) is 21.3 Å². The van der Waals surface area contributed by atoms with E-state index in [4.69, 9.17) is 41.2 Å². The predicted molar refractivity (Wildman–Crippen MR) is 91.4 cm³/mol. The summed E-state index contributed by atoms with van der Waals surface area (Å²) in [6.07, 6.45) is 0. The van der Waals surface area contributed by atoms with Crippen molar-refractivity contribution in [1.82, 2.24) is 0 Å². The summed E-state index contributed by atoms with van der Waals surface area (Å²) < 4.78 is 0. The minimum Gasteiger partial charge on any atom is -0.389 e. The van der Waals surface area contributed by atoms with Crippen molar-refractivity contribution in [2.75, 3.05) is 10.6 Å². The topological polar surface area (TPSA) is 67.1 Å². The zero-order chi connectivity index (χ0) is 15.4. The number of nitrogens with one attached hydrogen (secondary N) is 2. The van der Waals surface area contributed by atoms with E-state index in [1.54, 1.807) is 42.5 Å². The predicted octanol–water partition coefficient (Wildman–Crippen LogP) is 4.27. The summed E-state index contributed by atoms with van der Waals surface area (Å²) in [5.74, 6) is 0. The van der Waals surface area contributed by atoms with Crippen molar-refractivity contribution < 1.29 is 4.79 Å². The fraction of sp³-hybridized carbons (Fsp3) is 0. The minimum atomic E-state index is -0.447.